The number of benzene rings is 1. The van der Waals surface area contributed by atoms with E-state index in [-0.39, 0.29) is 5.56 Å². The Morgan fingerprint density at radius 1 is 1.38 bits per heavy atom. The van der Waals surface area contributed by atoms with Crippen LogP contribution in [0.3, 0.4) is 0 Å². The second kappa shape index (κ2) is 4.65. The van der Waals surface area contributed by atoms with Crippen LogP contribution < -0.4 is 10.6 Å². The van der Waals surface area contributed by atoms with Gasteiger partial charge in [-0.15, -0.1) is 0 Å². The summed E-state index contributed by atoms with van der Waals surface area (Å²) in [6.07, 6.45) is 0. The van der Waals surface area contributed by atoms with Gasteiger partial charge in [-0.3, -0.25) is 0 Å². The van der Waals surface area contributed by atoms with Crippen LogP contribution in [-0.2, 0) is 0 Å². The minimum absolute atomic E-state index is 0.243. The molecule has 1 fully saturated rings. The van der Waals surface area contributed by atoms with E-state index in [4.69, 9.17) is 10.8 Å². The fourth-order valence-corrected chi connectivity index (χ4v) is 2.68. The van der Waals surface area contributed by atoms with Gasteiger partial charge in [-0.1, -0.05) is 0 Å². The molecule has 0 unspecified atom stereocenters. The van der Waals surface area contributed by atoms with Crippen LogP contribution in [0.1, 0.15) is 10.4 Å². The molecule has 0 atom stereocenters. The maximum Gasteiger partial charge on any atom is 0.335 e. The Labute approximate surface area is 98.4 Å². The third kappa shape index (κ3) is 2.24. The molecule has 1 saturated heterocycles. The van der Waals surface area contributed by atoms with Crippen molar-refractivity contribution in [3.8, 4) is 0 Å². The first-order chi connectivity index (χ1) is 7.68. The number of nitrogen functional groups attached to an aromatic ring is 1. The molecule has 16 heavy (non-hydrogen) atoms. The van der Waals surface area contributed by atoms with Crippen LogP contribution in [0.25, 0.3) is 0 Å². The van der Waals surface area contributed by atoms with Gasteiger partial charge in [-0.05, 0) is 18.2 Å². The fraction of sp³-hybridized carbons (Fsp3) is 0.364. The highest BCUT2D eigenvalue weighted by Crippen LogP contribution is 2.26. The molecule has 0 saturated carbocycles. The number of aromatic carboxylic acids is 1. The van der Waals surface area contributed by atoms with Gasteiger partial charge in [0.2, 0.25) is 0 Å². The zero-order valence-corrected chi connectivity index (χ0v) is 9.67. The summed E-state index contributed by atoms with van der Waals surface area (Å²) in [5.41, 5.74) is 7.62. The van der Waals surface area contributed by atoms with Gasteiger partial charge in [-0.2, -0.15) is 11.8 Å². The molecule has 0 bridgehead atoms. The standard InChI is InChI=1S/C11H14N2O2S/c12-9-7-8(11(14)15)1-2-10(9)13-3-5-16-6-4-13/h1-2,7H,3-6,12H2,(H,14,15). The minimum atomic E-state index is -0.938. The van der Waals surface area contributed by atoms with Crippen molar-refractivity contribution in [2.24, 2.45) is 0 Å². The molecule has 1 aromatic carbocycles. The minimum Gasteiger partial charge on any atom is -0.478 e. The van der Waals surface area contributed by atoms with Crippen LogP contribution in [0.2, 0.25) is 0 Å². The average Bonchev–Trinajstić information content (AvgIpc) is 2.30. The second-order valence-electron chi connectivity index (χ2n) is 3.68. The monoisotopic (exact) mass is 238 g/mol. The first-order valence-corrected chi connectivity index (χ1v) is 6.29. The zero-order chi connectivity index (χ0) is 11.5. The number of hydrogen-bond donors (Lipinski definition) is 2. The van der Waals surface area contributed by atoms with Crippen molar-refractivity contribution in [2.45, 2.75) is 0 Å². The Morgan fingerprint density at radius 3 is 2.62 bits per heavy atom. The van der Waals surface area contributed by atoms with E-state index in [0.29, 0.717) is 5.69 Å². The molecule has 1 aliphatic rings. The highest BCUT2D eigenvalue weighted by molar-refractivity contribution is 7.99. The van der Waals surface area contributed by atoms with Crippen LogP contribution in [0, 0.1) is 0 Å². The molecule has 0 aromatic heterocycles. The van der Waals surface area contributed by atoms with E-state index < -0.39 is 5.97 Å². The molecule has 4 nitrogen and oxygen atoms in total. The Balaban J connectivity index is 2.24. The number of carboxylic acid groups (broad SMARTS) is 1. The molecular weight excluding hydrogens is 224 g/mol. The molecule has 1 aromatic rings. The quantitative estimate of drug-likeness (QED) is 0.765. The molecule has 0 radical (unpaired) electrons. The van der Waals surface area contributed by atoms with Crippen LogP contribution in [0.15, 0.2) is 18.2 Å². The summed E-state index contributed by atoms with van der Waals surface area (Å²) in [5.74, 6) is 1.26. The molecule has 1 heterocycles. The van der Waals surface area contributed by atoms with Crippen LogP contribution in [-0.4, -0.2) is 35.7 Å². The van der Waals surface area contributed by atoms with Crippen LogP contribution in [0.5, 0.6) is 0 Å². The van der Waals surface area contributed by atoms with Gasteiger partial charge >= 0.3 is 5.97 Å². The Hall–Kier alpha value is -1.36. The molecule has 86 valence electrons. The summed E-state index contributed by atoms with van der Waals surface area (Å²) in [4.78, 5) is 13.0. The van der Waals surface area contributed by atoms with Crippen LogP contribution >= 0.6 is 11.8 Å². The number of carboxylic acids is 1. The zero-order valence-electron chi connectivity index (χ0n) is 8.85. The molecular formula is C11H14N2O2S. The van der Waals surface area contributed by atoms with Crippen molar-refractivity contribution in [3.05, 3.63) is 23.8 Å². The average molecular weight is 238 g/mol. The number of anilines is 2. The van der Waals surface area contributed by atoms with Crippen molar-refractivity contribution in [3.63, 3.8) is 0 Å². The lowest BCUT2D eigenvalue weighted by atomic mass is 10.1. The van der Waals surface area contributed by atoms with E-state index in [9.17, 15) is 4.79 Å². The van der Waals surface area contributed by atoms with Gasteiger partial charge in [0, 0.05) is 24.6 Å². The number of nitrogens with zero attached hydrogens (tertiary/aromatic N) is 1. The van der Waals surface area contributed by atoms with Crippen molar-refractivity contribution >= 4 is 29.1 Å². The molecule has 0 aliphatic carbocycles. The lowest BCUT2D eigenvalue weighted by Gasteiger charge is -2.29. The van der Waals surface area contributed by atoms with E-state index in [2.05, 4.69) is 4.90 Å². The van der Waals surface area contributed by atoms with Gasteiger partial charge < -0.3 is 15.7 Å². The summed E-state index contributed by atoms with van der Waals surface area (Å²) in [6.45, 7) is 1.95. The molecule has 3 N–H and O–H groups in total. The lowest BCUT2D eigenvalue weighted by molar-refractivity contribution is 0.0697. The van der Waals surface area contributed by atoms with Gasteiger partial charge in [0.25, 0.3) is 0 Å². The summed E-state index contributed by atoms with van der Waals surface area (Å²) >= 11 is 1.93. The summed E-state index contributed by atoms with van der Waals surface area (Å²) in [6, 6.07) is 4.93. The first-order valence-electron chi connectivity index (χ1n) is 5.14. The van der Waals surface area contributed by atoms with Crippen molar-refractivity contribution in [1.29, 1.82) is 0 Å². The van der Waals surface area contributed by atoms with Crippen LogP contribution in [0.4, 0.5) is 11.4 Å². The summed E-state index contributed by atoms with van der Waals surface area (Å²) < 4.78 is 0. The maximum absolute atomic E-state index is 10.8. The molecule has 1 aliphatic heterocycles. The van der Waals surface area contributed by atoms with Gasteiger partial charge in [-0.25, -0.2) is 4.79 Å². The van der Waals surface area contributed by atoms with E-state index >= 15 is 0 Å². The van der Waals surface area contributed by atoms with E-state index in [1.165, 1.54) is 6.07 Å². The molecule has 5 heteroatoms. The maximum atomic E-state index is 10.8. The number of thioether (sulfide) groups is 1. The molecule has 0 spiro atoms. The van der Waals surface area contributed by atoms with Crippen molar-refractivity contribution in [2.75, 3.05) is 35.2 Å². The smallest absolute Gasteiger partial charge is 0.335 e. The van der Waals surface area contributed by atoms with E-state index in [0.717, 1.165) is 30.3 Å². The summed E-state index contributed by atoms with van der Waals surface area (Å²) in [5, 5.41) is 8.84. The SMILES string of the molecule is Nc1cc(C(=O)O)ccc1N1CCSCC1. The second-order valence-corrected chi connectivity index (χ2v) is 4.90. The normalized spacial score (nSPS) is 16.1. The number of rotatable bonds is 2. The van der Waals surface area contributed by atoms with Crippen molar-refractivity contribution < 1.29 is 9.90 Å². The number of carbonyl (C=O) groups is 1. The number of hydrogen-bond acceptors (Lipinski definition) is 4. The Bertz CT molecular complexity index is 403. The summed E-state index contributed by atoms with van der Waals surface area (Å²) in [7, 11) is 0. The van der Waals surface area contributed by atoms with Gasteiger partial charge in [0.05, 0.1) is 16.9 Å². The Kier molecular flexibility index (Phi) is 3.24. The number of nitrogens with two attached hydrogens (primary N) is 1. The largest absolute Gasteiger partial charge is 0.478 e. The third-order valence-corrected chi connectivity index (χ3v) is 3.57. The highest BCUT2D eigenvalue weighted by atomic mass is 32.2. The van der Waals surface area contributed by atoms with Crippen molar-refractivity contribution in [1.82, 2.24) is 0 Å². The third-order valence-electron chi connectivity index (χ3n) is 2.63. The fourth-order valence-electron chi connectivity index (χ4n) is 1.78. The first kappa shape index (κ1) is 11.1. The van der Waals surface area contributed by atoms with E-state index in [1.54, 1.807) is 12.1 Å². The Morgan fingerprint density at radius 2 is 2.06 bits per heavy atom. The van der Waals surface area contributed by atoms with Gasteiger partial charge in [0.15, 0.2) is 0 Å². The molecule has 0 amide bonds. The highest BCUT2D eigenvalue weighted by Gasteiger charge is 2.14. The molecule has 2 rings (SSSR count). The lowest BCUT2D eigenvalue weighted by Crippen LogP contribution is -2.33. The van der Waals surface area contributed by atoms with Gasteiger partial charge in [0.1, 0.15) is 0 Å². The predicted molar refractivity (Wildman–Crippen MR) is 67.4 cm³/mol. The predicted octanol–water partition coefficient (Wildman–Crippen LogP) is 1.52. The van der Waals surface area contributed by atoms with E-state index in [1.807, 2.05) is 11.8 Å². The topological polar surface area (TPSA) is 66.6 Å².